The van der Waals surface area contributed by atoms with E-state index in [4.69, 9.17) is 4.74 Å². The maximum atomic E-state index is 13.0. The van der Waals surface area contributed by atoms with E-state index in [1.165, 1.54) is 12.1 Å². The Bertz CT molecular complexity index is 1140. The van der Waals surface area contributed by atoms with Crippen molar-refractivity contribution in [1.82, 2.24) is 4.72 Å². The van der Waals surface area contributed by atoms with Crippen molar-refractivity contribution in [2.75, 3.05) is 16.7 Å². The molecule has 1 N–H and O–H groups in total. The molecule has 0 spiro atoms. The van der Waals surface area contributed by atoms with E-state index in [-0.39, 0.29) is 41.7 Å². The van der Waals surface area contributed by atoms with Gasteiger partial charge in [-0.25, -0.2) is 25.9 Å². The van der Waals surface area contributed by atoms with Gasteiger partial charge in [-0.15, -0.1) is 0 Å². The molecular formula is C19H22N2O6S2. The van der Waals surface area contributed by atoms with Crippen LogP contribution in [0.5, 0.6) is 5.75 Å². The molecule has 10 heteroatoms. The monoisotopic (exact) mass is 438 g/mol. The summed E-state index contributed by atoms with van der Waals surface area (Å²) in [4.78, 5) is 11.8. The van der Waals surface area contributed by atoms with E-state index in [2.05, 4.69) is 4.72 Å². The number of hydrogen-bond donors (Lipinski definition) is 1. The van der Waals surface area contributed by atoms with Gasteiger partial charge >= 0.3 is 0 Å². The van der Waals surface area contributed by atoms with Gasteiger partial charge in [-0.2, -0.15) is 0 Å². The lowest BCUT2D eigenvalue weighted by atomic mass is 10.1. The van der Waals surface area contributed by atoms with Gasteiger partial charge in [0.25, 0.3) is 0 Å². The molecule has 2 aromatic rings. The minimum Gasteiger partial charge on any atom is -0.492 e. The molecule has 0 aromatic heterocycles. The first-order chi connectivity index (χ1) is 13.6. The van der Waals surface area contributed by atoms with E-state index in [1.807, 2.05) is 25.1 Å². The third kappa shape index (κ3) is 4.60. The average Bonchev–Trinajstić information content (AvgIpc) is 2.93. The van der Waals surface area contributed by atoms with Crippen molar-refractivity contribution >= 4 is 31.6 Å². The van der Waals surface area contributed by atoms with Crippen LogP contribution in [-0.4, -0.2) is 35.1 Å². The highest BCUT2D eigenvalue weighted by atomic mass is 32.2. The van der Waals surface area contributed by atoms with Gasteiger partial charge in [0.15, 0.2) is 0 Å². The van der Waals surface area contributed by atoms with Crippen molar-refractivity contribution in [1.29, 1.82) is 0 Å². The molecule has 8 nitrogen and oxygen atoms in total. The van der Waals surface area contributed by atoms with Gasteiger partial charge < -0.3 is 4.74 Å². The zero-order valence-electron chi connectivity index (χ0n) is 16.1. The molecule has 29 heavy (non-hydrogen) atoms. The molecule has 0 unspecified atom stereocenters. The molecule has 1 aliphatic heterocycles. The molecule has 0 radical (unpaired) electrons. The Morgan fingerprint density at radius 2 is 1.93 bits per heavy atom. The molecule has 1 heterocycles. The maximum Gasteiger partial charge on any atom is 0.244 e. The summed E-state index contributed by atoms with van der Waals surface area (Å²) < 4.78 is 58.9. The Morgan fingerprint density at radius 3 is 2.55 bits per heavy atom. The van der Waals surface area contributed by atoms with Crippen molar-refractivity contribution in [3.8, 4) is 5.75 Å². The minimum atomic E-state index is -4.04. The number of carbonyl (C=O) groups excluding carboxylic acids is 1. The van der Waals surface area contributed by atoms with Gasteiger partial charge in [-0.05, 0) is 37.6 Å². The molecule has 2 aromatic carbocycles. The van der Waals surface area contributed by atoms with Crippen molar-refractivity contribution in [3.63, 3.8) is 0 Å². The molecule has 3 rings (SSSR count). The van der Waals surface area contributed by atoms with Crippen LogP contribution in [0.15, 0.2) is 47.4 Å². The Kier molecular flexibility index (Phi) is 5.97. The molecule has 1 aliphatic rings. The topological polar surface area (TPSA) is 110 Å². The van der Waals surface area contributed by atoms with Crippen LogP contribution >= 0.6 is 0 Å². The number of amides is 1. The number of rotatable bonds is 7. The van der Waals surface area contributed by atoms with E-state index in [1.54, 1.807) is 13.0 Å². The van der Waals surface area contributed by atoms with Crippen LogP contribution in [0.3, 0.4) is 0 Å². The van der Waals surface area contributed by atoms with Crippen LogP contribution in [0.4, 0.5) is 5.69 Å². The summed E-state index contributed by atoms with van der Waals surface area (Å²) in [6, 6.07) is 11.3. The Morgan fingerprint density at radius 1 is 1.17 bits per heavy atom. The van der Waals surface area contributed by atoms with Crippen molar-refractivity contribution in [2.24, 2.45) is 0 Å². The van der Waals surface area contributed by atoms with Gasteiger partial charge in [0.05, 0.1) is 18.0 Å². The molecule has 0 saturated carbocycles. The van der Waals surface area contributed by atoms with E-state index in [0.717, 1.165) is 17.2 Å². The molecular weight excluding hydrogens is 416 g/mol. The molecule has 1 amide bonds. The summed E-state index contributed by atoms with van der Waals surface area (Å²) in [5.74, 6) is -0.811. The van der Waals surface area contributed by atoms with E-state index >= 15 is 0 Å². The lowest BCUT2D eigenvalue weighted by Gasteiger charge is -2.18. The first kappa shape index (κ1) is 21.3. The summed E-state index contributed by atoms with van der Waals surface area (Å²) in [6.07, 6.45) is -0.136. The van der Waals surface area contributed by atoms with Crippen molar-refractivity contribution in [2.45, 2.75) is 31.7 Å². The fourth-order valence-corrected chi connectivity index (χ4v) is 5.69. The van der Waals surface area contributed by atoms with Crippen LogP contribution < -0.4 is 13.8 Å². The second kappa shape index (κ2) is 8.13. The van der Waals surface area contributed by atoms with Gasteiger partial charge in [0, 0.05) is 13.0 Å². The zero-order valence-corrected chi connectivity index (χ0v) is 17.7. The van der Waals surface area contributed by atoms with Gasteiger partial charge in [0.1, 0.15) is 10.6 Å². The van der Waals surface area contributed by atoms with Crippen molar-refractivity contribution in [3.05, 3.63) is 53.6 Å². The first-order valence-corrected chi connectivity index (χ1v) is 12.1. The third-order valence-corrected chi connectivity index (χ3v) is 7.49. The van der Waals surface area contributed by atoms with Crippen LogP contribution in [0.1, 0.15) is 24.5 Å². The molecule has 1 fully saturated rings. The predicted molar refractivity (Wildman–Crippen MR) is 109 cm³/mol. The normalized spacial score (nSPS) is 16.2. The summed E-state index contributed by atoms with van der Waals surface area (Å²) in [6.45, 7) is 3.89. The lowest BCUT2D eigenvalue weighted by Crippen LogP contribution is -2.30. The van der Waals surface area contributed by atoms with E-state index < -0.39 is 26.0 Å². The largest absolute Gasteiger partial charge is 0.492 e. The van der Waals surface area contributed by atoms with Crippen LogP contribution in [0, 0.1) is 6.92 Å². The quantitative estimate of drug-likeness (QED) is 0.707. The highest BCUT2D eigenvalue weighted by molar-refractivity contribution is 7.94. The smallest absolute Gasteiger partial charge is 0.244 e. The summed E-state index contributed by atoms with van der Waals surface area (Å²) in [5, 5.41) is 0. The Balaban J connectivity index is 1.98. The highest BCUT2D eigenvalue weighted by Crippen LogP contribution is 2.32. The number of ether oxygens (including phenoxy) is 1. The number of benzene rings is 2. The van der Waals surface area contributed by atoms with Crippen LogP contribution in [-0.2, 0) is 31.4 Å². The number of hydrogen-bond acceptors (Lipinski definition) is 6. The second-order valence-corrected chi connectivity index (χ2v) is 10.3. The van der Waals surface area contributed by atoms with Gasteiger partial charge in [0.2, 0.25) is 26.0 Å². The second-order valence-electron chi connectivity index (χ2n) is 6.60. The number of sulfonamides is 2. The number of nitrogens with zero attached hydrogens (tertiary/aromatic N) is 1. The summed E-state index contributed by atoms with van der Waals surface area (Å²) in [7, 11) is -7.85. The molecule has 0 aliphatic carbocycles. The van der Waals surface area contributed by atoms with Gasteiger partial charge in [-0.1, -0.05) is 29.8 Å². The molecule has 0 atom stereocenters. The van der Waals surface area contributed by atoms with Crippen LogP contribution in [0.25, 0.3) is 0 Å². The fourth-order valence-electron chi connectivity index (χ4n) is 3.05. The predicted octanol–water partition coefficient (Wildman–Crippen LogP) is 1.94. The van der Waals surface area contributed by atoms with E-state index in [9.17, 15) is 21.6 Å². The fraction of sp³-hybridized carbons (Fsp3) is 0.316. The minimum absolute atomic E-state index is 0.0214. The number of nitrogens with one attached hydrogen (secondary N) is 1. The standard InChI is InChI=1S/C19H22N2O6S2/c1-3-27-17-8-7-16(21-19(22)9-10-28(21,23)24)12-18(17)29(25,26)20-13-15-6-4-5-14(2)11-15/h4-8,11-12,20H,3,9-10,13H2,1-2H3. The number of aryl methyl sites for hydroxylation is 1. The number of carbonyl (C=O) groups is 1. The lowest BCUT2D eigenvalue weighted by molar-refractivity contribution is -0.116. The summed E-state index contributed by atoms with van der Waals surface area (Å²) >= 11 is 0. The molecule has 1 saturated heterocycles. The average molecular weight is 439 g/mol. The third-order valence-electron chi connectivity index (χ3n) is 4.38. The highest BCUT2D eigenvalue weighted by Gasteiger charge is 2.37. The first-order valence-electron chi connectivity index (χ1n) is 9.02. The van der Waals surface area contributed by atoms with Crippen LogP contribution in [0.2, 0.25) is 0 Å². The molecule has 156 valence electrons. The Labute approximate surface area is 170 Å². The SMILES string of the molecule is CCOc1ccc(N2C(=O)CCS2(=O)=O)cc1S(=O)(=O)NCc1cccc(C)c1. The maximum absolute atomic E-state index is 13.0. The summed E-state index contributed by atoms with van der Waals surface area (Å²) in [5.41, 5.74) is 1.75. The van der Waals surface area contributed by atoms with Gasteiger partial charge in [-0.3, -0.25) is 4.79 Å². The zero-order chi connectivity index (χ0) is 21.2. The van der Waals surface area contributed by atoms with E-state index in [0.29, 0.717) is 4.31 Å². The number of anilines is 1. The molecule has 0 bridgehead atoms. The van der Waals surface area contributed by atoms with Crippen molar-refractivity contribution < 1.29 is 26.4 Å². The Hall–Kier alpha value is -2.43.